The van der Waals surface area contributed by atoms with E-state index in [4.69, 9.17) is 0 Å². The molecule has 0 amide bonds. The van der Waals surface area contributed by atoms with Gasteiger partial charge in [0, 0.05) is 16.9 Å². The molecule has 2 aromatic rings. The van der Waals surface area contributed by atoms with Crippen LogP contribution in [-0.4, -0.2) is 11.2 Å². The van der Waals surface area contributed by atoms with Crippen LogP contribution < -0.4 is 0 Å². The zero-order valence-corrected chi connectivity index (χ0v) is 11.0. The van der Waals surface area contributed by atoms with Crippen molar-refractivity contribution in [2.75, 3.05) is 0 Å². The third-order valence-corrected chi connectivity index (χ3v) is 3.45. The molecule has 0 N–H and O–H groups in total. The van der Waals surface area contributed by atoms with E-state index in [2.05, 4.69) is 57.1 Å². The topological polar surface area (TPSA) is 25.2 Å². The highest BCUT2D eigenvalue weighted by atomic mass is 79.9. The fourth-order valence-electron chi connectivity index (χ4n) is 1.99. The quantitative estimate of drug-likeness (QED) is 0.830. The van der Waals surface area contributed by atoms with Gasteiger partial charge in [-0.15, -0.1) is 0 Å². The summed E-state index contributed by atoms with van der Waals surface area (Å²) in [5.74, 6) is 0. The van der Waals surface area contributed by atoms with E-state index in [1.165, 1.54) is 11.1 Å². The van der Waals surface area contributed by atoms with E-state index >= 15 is 0 Å². The minimum atomic E-state index is -0.324. The monoisotopic (exact) mass is 286 g/mol. The molecule has 2 heterocycles. The number of aromatic nitrogens is 1. The molecule has 1 atom stereocenters. The Bertz CT molecular complexity index is 551. The minimum absolute atomic E-state index is 0.324. The van der Waals surface area contributed by atoms with Crippen LogP contribution >= 0.6 is 15.9 Å². The molecule has 3 rings (SSSR count). The highest BCUT2D eigenvalue weighted by Gasteiger charge is 2.42. The molecule has 0 spiro atoms. The first kappa shape index (κ1) is 10.7. The van der Waals surface area contributed by atoms with E-state index in [1.807, 2.05) is 18.3 Å². The number of aliphatic imine (C=N–C) groups is 1. The van der Waals surface area contributed by atoms with E-state index in [9.17, 15) is 0 Å². The lowest BCUT2D eigenvalue weighted by Crippen LogP contribution is -2.15. The van der Waals surface area contributed by atoms with Crippen molar-refractivity contribution in [3.05, 3.63) is 63.9 Å². The Hall–Kier alpha value is -1.48. The van der Waals surface area contributed by atoms with Crippen molar-refractivity contribution in [2.45, 2.75) is 12.5 Å². The molecular formula is C14H11BrN2. The summed E-state index contributed by atoms with van der Waals surface area (Å²) in [6, 6.07) is 12.4. The van der Waals surface area contributed by atoms with E-state index in [0.717, 1.165) is 10.2 Å². The second-order valence-corrected chi connectivity index (χ2v) is 5.17. The van der Waals surface area contributed by atoms with Crippen LogP contribution in [0.4, 0.5) is 0 Å². The highest BCUT2D eigenvalue weighted by molar-refractivity contribution is 9.10. The number of halogens is 1. The minimum Gasteiger partial charge on any atom is -0.270 e. The van der Waals surface area contributed by atoms with Gasteiger partial charge < -0.3 is 0 Å². The van der Waals surface area contributed by atoms with Gasteiger partial charge in [-0.3, -0.25) is 9.98 Å². The van der Waals surface area contributed by atoms with Gasteiger partial charge in [-0.2, -0.15) is 0 Å². The zero-order chi connectivity index (χ0) is 11.9. The second kappa shape index (κ2) is 3.77. The van der Waals surface area contributed by atoms with Gasteiger partial charge in [0.05, 0.1) is 5.69 Å². The van der Waals surface area contributed by atoms with Gasteiger partial charge in [0.15, 0.2) is 5.54 Å². The number of hydrogen-bond acceptors (Lipinski definition) is 2. The molecule has 17 heavy (non-hydrogen) atoms. The number of rotatable bonds is 2. The Morgan fingerprint density at radius 1 is 1.18 bits per heavy atom. The van der Waals surface area contributed by atoms with Gasteiger partial charge >= 0.3 is 0 Å². The van der Waals surface area contributed by atoms with Crippen LogP contribution in [0.3, 0.4) is 0 Å². The van der Waals surface area contributed by atoms with Gasteiger partial charge in [-0.1, -0.05) is 45.8 Å². The van der Waals surface area contributed by atoms with Crippen molar-refractivity contribution in [3.8, 4) is 0 Å². The smallest absolute Gasteiger partial charge is 0.162 e. The van der Waals surface area contributed by atoms with Crippen LogP contribution in [0.15, 0.2) is 52.1 Å². The van der Waals surface area contributed by atoms with Crippen LogP contribution in [0, 0.1) is 6.92 Å². The van der Waals surface area contributed by atoms with Crippen LogP contribution in [0.1, 0.15) is 16.8 Å². The standard InChI is InChI=1S/C14H11BrN2/c1-10-3-2-4-11(7-10)14(9-17-14)13-8-12(15)5-6-16-13/h2-9H,1H3. The average Bonchev–Trinajstić information content (AvgIpc) is 3.10. The van der Waals surface area contributed by atoms with Crippen molar-refractivity contribution in [1.29, 1.82) is 0 Å². The number of nitrogens with zero attached hydrogens (tertiary/aromatic N) is 2. The predicted octanol–water partition coefficient (Wildman–Crippen LogP) is 3.48. The van der Waals surface area contributed by atoms with Crippen molar-refractivity contribution in [2.24, 2.45) is 4.99 Å². The zero-order valence-electron chi connectivity index (χ0n) is 9.39. The normalized spacial score (nSPS) is 21.5. The molecule has 0 saturated heterocycles. The van der Waals surface area contributed by atoms with Crippen LogP contribution in [0.5, 0.6) is 0 Å². The Balaban J connectivity index is 2.08. The van der Waals surface area contributed by atoms with E-state index in [1.54, 1.807) is 6.20 Å². The molecule has 0 bridgehead atoms. The summed E-state index contributed by atoms with van der Waals surface area (Å²) in [7, 11) is 0. The first-order valence-electron chi connectivity index (χ1n) is 5.46. The van der Waals surface area contributed by atoms with Crippen LogP contribution in [0.2, 0.25) is 0 Å². The molecule has 2 nitrogen and oxygen atoms in total. The lowest BCUT2D eigenvalue weighted by molar-refractivity contribution is 0.820. The van der Waals surface area contributed by atoms with Gasteiger partial charge in [-0.25, -0.2) is 0 Å². The van der Waals surface area contributed by atoms with Crippen molar-refractivity contribution >= 4 is 22.1 Å². The summed E-state index contributed by atoms with van der Waals surface area (Å²) in [5, 5.41) is 0. The summed E-state index contributed by atoms with van der Waals surface area (Å²) < 4.78 is 1.03. The molecule has 0 saturated carbocycles. The summed E-state index contributed by atoms with van der Waals surface area (Å²) in [6.45, 7) is 2.09. The molecular weight excluding hydrogens is 276 g/mol. The summed E-state index contributed by atoms with van der Waals surface area (Å²) in [5.41, 5.74) is 3.07. The van der Waals surface area contributed by atoms with Crippen molar-refractivity contribution in [1.82, 2.24) is 4.98 Å². The SMILES string of the molecule is Cc1cccc(C2(c3cc(Br)ccn3)C=N2)c1. The average molecular weight is 287 g/mol. The maximum Gasteiger partial charge on any atom is 0.162 e. The Morgan fingerprint density at radius 2 is 2.00 bits per heavy atom. The Labute approximate surface area is 109 Å². The first-order valence-corrected chi connectivity index (χ1v) is 6.25. The van der Waals surface area contributed by atoms with Crippen LogP contribution in [-0.2, 0) is 5.54 Å². The Kier molecular flexibility index (Phi) is 2.37. The molecule has 84 valence electrons. The van der Waals surface area contributed by atoms with Crippen LogP contribution in [0.25, 0.3) is 0 Å². The summed E-state index contributed by atoms with van der Waals surface area (Å²) >= 11 is 3.47. The fraction of sp³-hybridized carbons (Fsp3) is 0.143. The van der Waals surface area contributed by atoms with Gasteiger partial charge in [-0.05, 0) is 24.6 Å². The number of pyridine rings is 1. The molecule has 0 fully saturated rings. The van der Waals surface area contributed by atoms with E-state index in [-0.39, 0.29) is 5.54 Å². The van der Waals surface area contributed by atoms with Gasteiger partial charge in [0.2, 0.25) is 0 Å². The second-order valence-electron chi connectivity index (χ2n) is 4.25. The molecule has 1 aromatic heterocycles. The molecule has 1 aliphatic rings. The predicted molar refractivity (Wildman–Crippen MR) is 72.4 cm³/mol. The highest BCUT2D eigenvalue weighted by Crippen LogP contribution is 2.40. The maximum atomic E-state index is 4.45. The molecule has 3 heteroatoms. The largest absolute Gasteiger partial charge is 0.270 e. The van der Waals surface area contributed by atoms with E-state index in [0.29, 0.717) is 0 Å². The first-order chi connectivity index (χ1) is 8.21. The Morgan fingerprint density at radius 3 is 2.65 bits per heavy atom. The number of hydrogen-bond donors (Lipinski definition) is 0. The molecule has 1 aliphatic heterocycles. The van der Waals surface area contributed by atoms with Gasteiger partial charge in [0.25, 0.3) is 0 Å². The van der Waals surface area contributed by atoms with Crippen molar-refractivity contribution < 1.29 is 0 Å². The van der Waals surface area contributed by atoms with Crippen molar-refractivity contribution in [3.63, 3.8) is 0 Å². The summed E-state index contributed by atoms with van der Waals surface area (Å²) in [4.78, 5) is 8.87. The lowest BCUT2D eigenvalue weighted by atomic mass is 9.92. The van der Waals surface area contributed by atoms with Gasteiger partial charge in [0.1, 0.15) is 0 Å². The fourth-order valence-corrected chi connectivity index (χ4v) is 2.32. The lowest BCUT2D eigenvalue weighted by Gasteiger charge is -2.14. The maximum absolute atomic E-state index is 4.45. The molecule has 1 aromatic carbocycles. The number of benzene rings is 1. The third kappa shape index (κ3) is 1.80. The molecule has 0 radical (unpaired) electrons. The third-order valence-electron chi connectivity index (χ3n) is 2.96. The molecule has 1 unspecified atom stereocenters. The number of aryl methyl sites for hydroxylation is 1. The van der Waals surface area contributed by atoms with E-state index < -0.39 is 0 Å². The molecule has 0 aliphatic carbocycles. The summed E-state index contributed by atoms with van der Waals surface area (Å²) in [6.07, 6.45) is 3.76.